The lowest BCUT2D eigenvalue weighted by molar-refractivity contribution is 0.00578. The van der Waals surface area contributed by atoms with Crippen molar-refractivity contribution in [3.63, 3.8) is 0 Å². The number of likely N-dealkylation sites (tertiary alicyclic amines) is 1. The number of hydrogen-bond acceptors (Lipinski definition) is 6. The molecule has 7 nitrogen and oxygen atoms in total. The summed E-state index contributed by atoms with van der Waals surface area (Å²) in [6.45, 7) is 15.5. The van der Waals surface area contributed by atoms with Gasteiger partial charge in [0.1, 0.15) is 5.60 Å². The fourth-order valence-electron chi connectivity index (χ4n) is 3.33. The molecule has 0 unspecified atom stereocenters. The maximum atomic E-state index is 12.2. The molecule has 8 heteroatoms. The smallest absolute Gasteiger partial charge is 0.478 e. The number of aromatic nitrogens is 1. The Balaban J connectivity index is 1.60. The molecule has 1 aromatic heterocycles. The normalized spacial score (nSPS) is 23.3. The van der Waals surface area contributed by atoms with Gasteiger partial charge in [-0.15, -0.1) is 0 Å². The zero-order valence-corrected chi connectivity index (χ0v) is 18.7. The number of ether oxygens (including phenoxy) is 2. The van der Waals surface area contributed by atoms with E-state index < -0.39 is 23.9 Å². The van der Waals surface area contributed by atoms with Crippen molar-refractivity contribution in [3.05, 3.63) is 18.3 Å². The molecule has 3 heterocycles. The van der Waals surface area contributed by atoms with Gasteiger partial charge in [0.25, 0.3) is 0 Å². The number of hydrogen-bond donors (Lipinski definition) is 0. The van der Waals surface area contributed by atoms with Gasteiger partial charge in [-0.2, -0.15) is 0 Å². The second kappa shape index (κ2) is 7.80. The molecule has 0 radical (unpaired) electrons. The third kappa shape index (κ3) is 5.04. The summed E-state index contributed by atoms with van der Waals surface area (Å²) in [7, 11) is -0.523. The van der Waals surface area contributed by atoms with Crippen LogP contribution < -0.4 is 10.2 Å². The zero-order valence-electron chi connectivity index (χ0n) is 18.7. The van der Waals surface area contributed by atoms with Crippen LogP contribution in [0, 0.1) is 5.92 Å². The molecule has 0 saturated carbocycles. The van der Waals surface area contributed by atoms with Crippen molar-refractivity contribution in [1.82, 2.24) is 9.88 Å². The number of pyridine rings is 1. The highest BCUT2D eigenvalue weighted by molar-refractivity contribution is 6.63. The van der Waals surface area contributed by atoms with Gasteiger partial charge < -0.3 is 23.7 Å². The molecule has 2 aliphatic rings. The van der Waals surface area contributed by atoms with Crippen LogP contribution in [0.5, 0.6) is 5.88 Å². The molecule has 1 atom stereocenters. The zero-order chi connectivity index (χ0) is 21.4. The lowest BCUT2D eigenvalue weighted by Gasteiger charge is -2.32. The second-order valence-electron chi connectivity index (χ2n) is 9.88. The molecular weight excluding hydrogens is 371 g/mol. The topological polar surface area (TPSA) is 70.1 Å². The predicted octanol–water partition coefficient (Wildman–Crippen LogP) is 3.02. The quantitative estimate of drug-likeness (QED) is 0.719. The van der Waals surface area contributed by atoms with Gasteiger partial charge in [0.05, 0.1) is 17.8 Å². The SMILES string of the molecule is CC(C)(C)OC(=O)N1CC[C@@H](COc2ncccc2B2OC(C)(C)C(C)(C)O2)C1. The summed E-state index contributed by atoms with van der Waals surface area (Å²) in [5.41, 5.74) is -0.556. The van der Waals surface area contributed by atoms with Crippen LogP contribution in [0.3, 0.4) is 0 Å². The number of carbonyl (C=O) groups excluding carboxylic acids is 1. The molecule has 2 saturated heterocycles. The van der Waals surface area contributed by atoms with Gasteiger partial charge in [-0.05, 0) is 61.0 Å². The highest BCUT2D eigenvalue weighted by atomic mass is 16.7. The van der Waals surface area contributed by atoms with Gasteiger partial charge in [0.15, 0.2) is 0 Å². The maximum absolute atomic E-state index is 12.2. The standard InChI is InChI=1S/C21H33BN2O5/c1-19(2,3)27-18(25)24-12-10-15(13-24)14-26-17-16(9-8-11-23-17)22-28-20(4,5)21(6,7)29-22/h8-9,11,15H,10,12-14H2,1-7H3/t15-/m1/s1. The number of amides is 1. The Bertz CT molecular complexity index is 731. The van der Waals surface area contributed by atoms with Crippen LogP contribution in [-0.2, 0) is 14.0 Å². The highest BCUT2D eigenvalue weighted by Gasteiger charge is 2.52. The summed E-state index contributed by atoms with van der Waals surface area (Å²) in [5, 5.41) is 0. The van der Waals surface area contributed by atoms with E-state index >= 15 is 0 Å². The van der Waals surface area contributed by atoms with Crippen molar-refractivity contribution in [2.75, 3.05) is 19.7 Å². The van der Waals surface area contributed by atoms with Crippen molar-refractivity contribution in [3.8, 4) is 5.88 Å². The van der Waals surface area contributed by atoms with Gasteiger partial charge in [0.2, 0.25) is 5.88 Å². The number of rotatable bonds is 4. The van der Waals surface area contributed by atoms with E-state index in [4.69, 9.17) is 18.8 Å². The molecule has 0 aliphatic carbocycles. The van der Waals surface area contributed by atoms with Crippen LogP contribution in [0.25, 0.3) is 0 Å². The van der Waals surface area contributed by atoms with E-state index in [0.29, 0.717) is 25.6 Å². The summed E-state index contributed by atoms with van der Waals surface area (Å²) >= 11 is 0. The minimum absolute atomic E-state index is 0.232. The third-order valence-electron chi connectivity index (χ3n) is 5.70. The Morgan fingerprint density at radius 3 is 2.55 bits per heavy atom. The average Bonchev–Trinajstić information content (AvgIpc) is 3.14. The second-order valence-corrected chi connectivity index (χ2v) is 9.88. The summed E-state index contributed by atoms with van der Waals surface area (Å²) in [4.78, 5) is 18.4. The molecule has 3 rings (SSSR count). The molecule has 29 heavy (non-hydrogen) atoms. The largest absolute Gasteiger partial charge is 0.500 e. The van der Waals surface area contributed by atoms with E-state index in [-0.39, 0.29) is 12.0 Å². The van der Waals surface area contributed by atoms with E-state index in [9.17, 15) is 4.79 Å². The van der Waals surface area contributed by atoms with E-state index in [1.165, 1.54) is 0 Å². The van der Waals surface area contributed by atoms with Crippen molar-refractivity contribution < 1.29 is 23.6 Å². The molecule has 1 amide bonds. The molecule has 2 aliphatic heterocycles. The monoisotopic (exact) mass is 404 g/mol. The van der Waals surface area contributed by atoms with Gasteiger partial charge in [0, 0.05) is 30.7 Å². The molecule has 1 aromatic rings. The van der Waals surface area contributed by atoms with Crippen molar-refractivity contribution in [2.24, 2.45) is 5.92 Å². The average molecular weight is 404 g/mol. The van der Waals surface area contributed by atoms with E-state index in [0.717, 1.165) is 11.9 Å². The first kappa shape index (κ1) is 21.9. The van der Waals surface area contributed by atoms with E-state index in [2.05, 4.69) is 4.98 Å². The number of nitrogens with zero attached hydrogens (tertiary/aromatic N) is 2. The first-order chi connectivity index (χ1) is 13.4. The summed E-state index contributed by atoms with van der Waals surface area (Å²) in [5.74, 6) is 0.748. The predicted molar refractivity (Wildman–Crippen MR) is 111 cm³/mol. The van der Waals surface area contributed by atoms with E-state index in [1.54, 1.807) is 11.1 Å². The maximum Gasteiger partial charge on any atom is 0.500 e. The Hall–Kier alpha value is -1.80. The van der Waals surface area contributed by atoms with Crippen molar-refractivity contribution in [2.45, 2.75) is 71.7 Å². The third-order valence-corrected chi connectivity index (χ3v) is 5.70. The molecule has 0 N–H and O–H groups in total. The minimum Gasteiger partial charge on any atom is -0.478 e. The van der Waals surface area contributed by atoms with Gasteiger partial charge >= 0.3 is 13.2 Å². The van der Waals surface area contributed by atoms with Gasteiger partial charge in [-0.3, -0.25) is 0 Å². The van der Waals surface area contributed by atoms with Crippen molar-refractivity contribution in [1.29, 1.82) is 0 Å². The fraction of sp³-hybridized carbons (Fsp3) is 0.714. The lowest BCUT2D eigenvalue weighted by Crippen LogP contribution is -2.41. The molecule has 0 aromatic carbocycles. The van der Waals surface area contributed by atoms with Crippen LogP contribution in [0.15, 0.2) is 18.3 Å². The van der Waals surface area contributed by atoms with Crippen molar-refractivity contribution >= 4 is 18.7 Å². The first-order valence-corrected chi connectivity index (χ1v) is 10.3. The van der Waals surface area contributed by atoms with Crippen LogP contribution >= 0.6 is 0 Å². The molecular formula is C21H33BN2O5. The molecule has 2 fully saturated rings. The van der Waals surface area contributed by atoms with Gasteiger partial charge in [-0.25, -0.2) is 9.78 Å². The van der Waals surface area contributed by atoms with Crippen LogP contribution in [0.4, 0.5) is 4.79 Å². The van der Waals surface area contributed by atoms with Crippen LogP contribution in [-0.4, -0.2) is 59.6 Å². The Kier molecular flexibility index (Phi) is 5.89. The number of carbonyl (C=O) groups is 1. The molecule has 0 spiro atoms. The Morgan fingerprint density at radius 2 is 1.93 bits per heavy atom. The fourth-order valence-corrected chi connectivity index (χ4v) is 3.33. The summed E-state index contributed by atoms with van der Waals surface area (Å²) in [6, 6.07) is 3.78. The first-order valence-electron chi connectivity index (χ1n) is 10.3. The van der Waals surface area contributed by atoms with Gasteiger partial charge in [-0.1, -0.05) is 6.07 Å². The van der Waals surface area contributed by atoms with Crippen LogP contribution in [0.1, 0.15) is 54.9 Å². The Morgan fingerprint density at radius 1 is 1.28 bits per heavy atom. The highest BCUT2D eigenvalue weighted by Crippen LogP contribution is 2.37. The van der Waals surface area contributed by atoms with E-state index in [1.807, 2.05) is 60.6 Å². The summed E-state index contributed by atoms with van der Waals surface area (Å²) in [6.07, 6.45) is 2.31. The summed E-state index contributed by atoms with van der Waals surface area (Å²) < 4.78 is 23.8. The lowest BCUT2D eigenvalue weighted by atomic mass is 9.80. The minimum atomic E-state index is -0.523. The van der Waals surface area contributed by atoms with Crippen LogP contribution in [0.2, 0.25) is 0 Å². The molecule has 160 valence electrons. The molecule has 0 bridgehead atoms. The Labute approximate surface area is 174 Å².